The van der Waals surface area contributed by atoms with E-state index in [1.54, 1.807) is 0 Å². The number of unbranched alkanes of at least 4 members (excludes halogenated alkanes) is 1. The molecule has 4 saturated carbocycles. The predicted molar refractivity (Wildman–Crippen MR) is 203 cm³/mol. The van der Waals surface area contributed by atoms with Crippen molar-refractivity contribution in [2.24, 2.45) is 46.3 Å². The highest BCUT2D eigenvalue weighted by atomic mass is 32.2. The van der Waals surface area contributed by atoms with Gasteiger partial charge in [-0.3, -0.25) is 24.1 Å². The van der Waals surface area contributed by atoms with E-state index in [0.717, 1.165) is 56.9 Å². The molecule has 0 aromatic carbocycles. The van der Waals surface area contributed by atoms with E-state index in [-0.39, 0.29) is 58.4 Å². The Morgan fingerprint density at radius 2 is 1.70 bits per heavy atom. The number of hydrogen-bond acceptors (Lipinski definition) is 8. The number of aliphatic hydroxyl groups is 3. The zero-order valence-electron chi connectivity index (χ0n) is 32.2. The van der Waals surface area contributed by atoms with Crippen LogP contribution in [0.2, 0.25) is 0 Å². The van der Waals surface area contributed by atoms with Crippen LogP contribution in [0.15, 0.2) is 11.3 Å². The zero-order chi connectivity index (χ0) is 38.4. The summed E-state index contributed by atoms with van der Waals surface area (Å²) in [7, 11) is 0. The van der Waals surface area contributed by atoms with E-state index in [1.165, 1.54) is 16.7 Å². The van der Waals surface area contributed by atoms with Crippen molar-refractivity contribution in [1.82, 2.24) is 20.9 Å². The number of amides is 4. The molecule has 4 amide bonds. The highest BCUT2D eigenvalue weighted by Gasteiger charge is 2.65. The summed E-state index contributed by atoms with van der Waals surface area (Å²) in [5.74, 6) is 3.11. The summed E-state index contributed by atoms with van der Waals surface area (Å²) in [5.41, 5.74) is 0.928. The van der Waals surface area contributed by atoms with E-state index >= 15 is 0 Å². The Labute approximate surface area is 319 Å². The fraction of sp³-hybridized carbons (Fsp3) is 0.805. The fourth-order valence-corrected chi connectivity index (χ4v) is 13.2. The van der Waals surface area contributed by atoms with Crippen LogP contribution < -0.4 is 16.0 Å². The first-order valence-electron chi connectivity index (χ1n) is 20.2. The molecule has 0 bridgehead atoms. The fourth-order valence-electron chi connectivity index (χ4n) is 11.9. The van der Waals surface area contributed by atoms with Crippen molar-refractivity contribution in [2.75, 3.05) is 5.75 Å². The van der Waals surface area contributed by atoms with Gasteiger partial charge in [-0.1, -0.05) is 34.1 Å². The summed E-state index contributed by atoms with van der Waals surface area (Å²) < 4.78 is 0. The van der Waals surface area contributed by atoms with E-state index in [0.29, 0.717) is 49.2 Å². The van der Waals surface area contributed by atoms with Crippen LogP contribution in [0.25, 0.3) is 0 Å². The van der Waals surface area contributed by atoms with Crippen molar-refractivity contribution in [1.29, 1.82) is 0 Å². The van der Waals surface area contributed by atoms with E-state index < -0.39 is 41.8 Å². The average molecular weight is 755 g/mol. The number of aliphatic hydroxyl groups excluding tert-OH is 3. The van der Waals surface area contributed by atoms with Crippen LogP contribution in [0, 0.1) is 58.7 Å². The highest BCUT2D eigenvalue weighted by molar-refractivity contribution is 8.00. The normalized spacial score (nSPS) is 40.0. The van der Waals surface area contributed by atoms with Gasteiger partial charge in [0.05, 0.1) is 18.3 Å². The minimum atomic E-state index is -0.815. The molecule has 6 aliphatic rings. The zero-order valence-corrected chi connectivity index (χ0v) is 33.1. The van der Waals surface area contributed by atoms with Gasteiger partial charge in [-0.2, -0.15) is 0 Å². The molecule has 53 heavy (non-hydrogen) atoms. The lowest BCUT2D eigenvalue weighted by molar-refractivity contribution is -0.223. The van der Waals surface area contributed by atoms with Gasteiger partial charge in [-0.25, -0.2) is 0 Å². The Kier molecular flexibility index (Phi) is 12.0. The summed E-state index contributed by atoms with van der Waals surface area (Å²) in [6.45, 7) is 10.7. The van der Waals surface area contributed by atoms with Crippen LogP contribution in [-0.4, -0.2) is 85.5 Å². The van der Waals surface area contributed by atoms with E-state index in [9.17, 15) is 34.5 Å². The Morgan fingerprint density at radius 3 is 2.42 bits per heavy atom. The molecular formula is C41H62N4O7S. The van der Waals surface area contributed by atoms with E-state index in [4.69, 9.17) is 6.42 Å². The first-order valence-corrected chi connectivity index (χ1v) is 21.2. The third-order valence-electron chi connectivity index (χ3n) is 14.7. The van der Waals surface area contributed by atoms with Gasteiger partial charge in [0.25, 0.3) is 11.8 Å². The Morgan fingerprint density at radius 1 is 0.981 bits per heavy atom. The molecule has 294 valence electrons. The van der Waals surface area contributed by atoms with Gasteiger partial charge < -0.3 is 31.3 Å². The Bertz CT molecular complexity index is 1510. The molecule has 0 spiro atoms. The lowest BCUT2D eigenvalue weighted by Crippen LogP contribution is -2.71. The SMILES string of the molecule is C#CCC(NC(=O)CCCC)NC(=O)C1=C(C)CSC2C(NC(=O)CC[C@@H](C)C3CC[C@H]4[C@@H]5C(O)C(O)[C@@H]6C[C@H](O)CC[C@]6(C)[C@H]5CC[C@]34C)C(=O)N12. The van der Waals surface area contributed by atoms with Crippen LogP contribution in [0.4, 0.5) is 0 Å². The number of terminal acetylenes is 1. The molecule has 1 saturated heterocycles. The molecule has 0 aromatic rings. The van der Waals surface area contributed by atoms with Crippen molar-refractivity contribution in [3.05, 3.63) is 11.3 Å². The molecule has 0 radical (unpaired) electrons. The van der Waals surface area contributed by atoms with Crippen LogP contribution in [-0.2, 0) is 19.2 Å². The van der Waals surface area contributed by atoms with E-state index in [1.807, 2.05) is 13.8 Å². The number of nitrogens with one attached hydrogen (secondary N) is 3. The van der Waals surface area contributed by atoms with Crippen LogP contribution >= 0.6 is 11.8 Å². The number of β-lactam (4-membered cyclic amide) rings is 1. The molecule has 6 rings (SSSR count). The third kappa shape index (κ3) is 7.29. The molecule has 0 aromatic heterocycles. The predicted octanol–water partition coefficient (Wildman–Crippen LogP) is 3.81. The second kappa shape index (κ2) is 15.9. The van der Waals surface area contributed by atoms with Crippen LogP contribution in [0.3, 0.4) is 0 Å². The quantitative estimate of drug-likeness (QED) is 0.0994. The summed E-state index contributed by atoms with van der Waals surface area (Å²) in [5, 5.41) is 41.6. The standard InChI is InChI=1S/C41H62N4O7S/c1-7-9-11-30(47)42-29(10-8-2)43-37(51)34-23(4)21-53-39-33(38(52)45(34)39)44-31(48)15-12-22(3)25-13-14-26-32-27(17-19-40(25,26)5)41(6)18-16-24(46)20-28(41)35(49)36(32)50/h2,22,24-29,32-33,35-36,39,46,49-50H,7,9-21H2,1,3-6H3,(H,42,47)(H,43,51)(H,44,48)/t22-,24-,25?,26+,27+,28+,29?,32+,33?,35?,36?,39?,40-,41-/m1/s1. The summed E-state index contributed by atoms with van der Waals surface area (Å²) in [6, 6.07) is -0.720. The molecule has 6 unspecified atom stereocenters. The van der Waals surface area contributed by atoms with Gasteiger partial charge in [0.15, 0.2) is 0 Å². The molecule has 12 heteroatoms. The second-order valence-corrected chi connectivity index (χ2v) is 18.9. The second-order valence-electron chi connectivity index (χ2n) is 17.7. The first kappa shape index (κ1) is 40.1. The van der Waals surface area contributed by atoms with Crippen LogP contribution in [0.1, 0.15) is 118 Å². The lowest BCUT2D eigenvalue weighted by atomic mass is 9.43. The molecule has 6 N–H and O–H groups in total. The third-order valence-corrected chi connectivity index (χ3v) is 16.1. The lowest BCUT2D eigenvalue weighted by Gasteiger charge is -2.63. The molecule has 2 heterocycles. The minimum Gasteiger partial charge on any atom is -0.393 e. The summed E-state index contributed by atoms with van der Waals surface area (Å²) in [4.78, 5) is 54.1. The first-order chi connectivity index (χ1) is 25.2. The van der Waals surface area contributed by atoms with Crippen molar-refractivity contribution >= 4 is 35.4 Å². The maximum atomic E-state index is 13.5. The number of fused-ring (bicyclic) bond motifs is 6. The molecule has 11 nitrogen and oxygen atoms in total. The minimum absolute atomic E-state index is 0.0109. The van der Waals surface area contributed by atoms with Gasteiger partial charge >= 0.3 is 0 Å². The maximum Gasteiger partial charge on any atom is 0.269 e. The topological polar surface area (TPSA) is 168 Å². The number of nitrogens with zero attached hydrogens (tertiary/aromatic N) is 1. The van der Waals surface area contributed by atoms with Gasteiger partial charge in [-0.15, -0.1) is 24.1 Å². The smallest absolute Gasteiger partial charge is 0.269 e. The van der Waals surface area contributed by atoms with Gasteiger partial charge in [-0.05, 0) is 117 Å². The molecule has 14 atom stereocenters. The number of thioether (sulfide) groups is 1. The van der Waals surface area contributed by atoms with Crippen molar-refractivity contribution < 1.29 is 34.5 Å². The van der Waals surface area contributed by atoms with Crippen molar-refractivity contribution in [3.63, 3.8) is 0 Å². The van der Waals surface area contributed by atoms with Gasteiger partial charge in [0.2, 0.25) is 11.8 Å². The van der Waals surface area contributed by atoms with E-state index in [2.05, 4.69) is 42.6 Å². The van der Waals surface area contributed by atoms with Crippen molar-refractivity contribution in [2.45, 2.75) is 154 Å². The number of hydrogen-bond donors (Lipinski definition) is 6. The Balaban J connectivity index is 1.03. The molecule has 2 aliphatic heterocycles. The van der Waals surface area contributed by atoms with Gasteiger partial charge in [0.1, 0.15) is 23.3 Å². The maximum absolute atomic E-state index is 13.5. The highest BCUT2D eigenvalue weighted by Crippen LogP contribution is 2.68. The van der Waals surface area contributed by atoms with Crippen LogP contribution in [0.5, 0.6) is 0 Å². The molecular weight excluding hydrogens is 693 g/mol. The molecule has 4 aliphatic carbocycles. The number of carbonyl (C=O) groups excluding carboxylic acids is 4. The van der Waals surface area contributed by atoms with Gasteiger partial charge in [0, 0.05) is 25.0 Å². The summed E-state index contributed by atoms with van der Waals surface area (Å²) >= 11 is 1.52. The molecule has 5 fully saturated rings. The number of rotatable bonds is 12. The monoisotopic (exact) mass is 754 g/mol. The Hall–Kier alpha value is -2.59. The number of carbonyl (C=O) groups is 4. The summed E-state index contributed by atoms with van der Waals surface area (Å²) in [6.07, 6.45) is 12.1. The average Bonchev–Trinajstić information content (AvgIpc) is 3.48. The largest absolute Gasteiger partial charge is 0.393 e. The van der Waals surface area contributed by atoms with Crippen molar-refractivity contribution in [3.8, 4) is 12.3 Å².